The third-order valence-corrected chi connectivity index (χ3v) is 5.51. The lowest BCUT2D eigenvalue weighted by molar-refractivity contribution is 0.169. The van der Waals surface area contributed by atoms with Gasteiger partial charge in [0.25, 0.3) is 0 Å². The van der Waals surface area contributed by atoms with E-state index in [2.05, 4.69) is 42.0 Å². The van der Waals surface area contributed by atoms with Gasteiger partial charge < -0.3 is 5.32 Å². The fourth-order valence-electron chi connectivity index (χ4n) is 3.48. The Labute approximate surface area is 136 Å². The van der Waals surface area contributed by atoms with Crippen LogP contribution in [0.5, 0.6) is 0 Å². The standard InChI is InChI=1S/C18H27BrFN/c1-4-9-21-18(14-6-5-12(2)13(3)10-14)16-11-15(19)7-8-17(16)20/h7-8,11-14,18,21H,4-6,9-10H2,1-3H3. The molecule has 1 aliphatic carbocycles. The van der Waals surface area contributed by atoms with Gasteiger partial charge in [-0.1, -0.05) is 43.1 Å². The molecule has 0 saturated heterocycles. The molecule has 0 radical (unpaired) electrons. The number of halogens is 2. The van der Waals surface area contributed by atoms with Crippen LogP contribution in [0.25, 0.3) is 0 Å². The summed E-state index contributed by atoms with van der Waals surface area (Å²) in [7, 11) is 0. The lowest BCUT2D eigenvalue weighted by Gasteiger charge is -2.37. The maximum atomic E-state index is 14.3. The highest BCUT2D eigenvalue weighted by Crippen LogP contribution is 2.40. The van der Waals surface area contributed by atoms with Gasteiger partial charge in [-0.2, -0.15) is 0 Å². The SMILES string of the molecule is CCCNC(c1cc(Br)ccc1F)C1CCC(C)C(C)C1. The molecule has 1 aromatic carbocycles. The molecule has 0 amide bonds. The number of hydrogen-bond donors (Lipinski definition) is 1. The van der Waals surface area contributed by atoms with Crippen molar-refractivity contribution in [1.82, 2.24) is 5.32 Å². The van der Waals surface area contributed by atoms with E-state index >= 15 is 0 Å². The highest BCUT2D eigenvalue weighted by Gasteiger charge is 2.32. The third-order valence-electron chi connectivity index (χ3n) is 5.02. The first-order valence-electron chi connectivity index (χ1n) is 8.21. The van der Waals surface area contributed by atoms with Gasteiger partial charge in [-0.15, -0.1) is 0 Å². The summed E-state index contributed by atoms with van der Waals surface area (Å²) in [4.78, 5) is 0. The average Bonchev–Trinajstić information content (AvgIpc) is 2.46. The number of benzene rings is 1. The summed E-state index contributed by atoms with van der Waals surface area (Å²) in [6, 6.07) is 5.44. The van der Waals surface area contributed by atoms with E-state index in [9.17, 15) is 4.39 Å². The number of nitrogens with one attached hydrogen (secondary N) is 1. The molecule has 1 fully saturated rings. The molecule has 1 aromatic rings. The van der Waals surface area contributed by atoms with Crippen LogP contribution in [0.3, 0.4) is 0 Å². The Morgan fingerprint density at radius 1 is 1.29 bits per heavy atom. The molecule has 1 saturated carbocycles. The zero-order valence-electron chi connectivity index (χ0n) is 13.3. The normalized spacial score (nSPS) is 27.6. The average molecular weight is 356 g/mol. The van der Waals surface area contributed by atoms with E-state index in [0.29, 0.717) is 5.92 Å². The van der Waals surface area contributed by atoms with E-state index in [4.69, 9.17) is 0 Å². The second-order valence-corrected chi connectivity index (χ2v) is 7.54. The van der Waals surface area contributed by atoms with E-state index < -0.39 is 0 Å². The Bertz CT molecular complexity index is 463. The first-order chi connectivity index (χ1) is 10.0. The van der Waals surface area contributed by atoms with Crippen LogP contribution >= 0.6 is 15.9 Å². The predicted octanol–water partition coefficient (Wildman–Crippen LogP) is 5.70. The summed E-state index contributed by atoms with van der Waals surface area (Å²) in [6.07, 6.45) is 4.71. The molecule has 4 unspecified atom stereocenters. The molecule has 0 spiro atoms. The fourth-order valence-corrected chi connectivity index (χ4v) is 3.85. The van der Waals surface area contributed by atoms with E-state index in [1.165, 1.54) is 19.3 Å². The Kier molecular flexibility index (Phi) is 6.24. The van der Waals surface area contributed by atoms with Crippen molar-refractivity contribution >= 4 is 15.9 Å². The van der Waals surface area contributed by atoms with Gasteiger partial charge in [0.05, 0.1) is 0 Å². The van der Waals surface area contributed by atoms with Gasteiger partial charge in [-0.05, 0) is 61.8 Å². The van der Waals surface area contributed by atoms with Gasteiger partial charge in [0.15, 0.2) is 0 Å². The Hall–Kier alpha value is -0.410. The zero-order valence-corrected chi connectivity index (χ0v) is 14.9. The van der Waals surface area contributed by atoms with Crippen LogP contribution < -0.4 is 5.32 Å². The Morgan fingerprint density at radius 2 is 2.05 bits per heavy atom. The molecule has 4 atom stereocenters. The summed E-state index contributed by atoms with van der Waals surface area (Å²) >= 11 is 3.48. The van der Waals surface area contributed by atoms with E-state index in [1.807, 2.05) is 6.07 Å². The number of hydrogen-bond acceptors (Lipinski definition) is 1. The van der Waals surface area contributed by atoms with Crippen LogP contribution in [0.15, 0.2) is 22.7 Å². The van der Waals surface area contributed by atoms with E-state index in [0.717, 1.165) is 34.8 Å². The quantitative estimate of drug-likeness (QED) is 0.713. The van der Waals surface area contributed by atoms with E-state index in [1.54, 1.807) is 12.1 Å². The van der Waals surface area contributed by atoms with Gasteiger partial charge in [0.2, 0.25) is 0 Å². The zero-order chi connectivity index (χ0) is 15.4. The fraction of sp³-hybridized carbons (Fsp3) is 0.667. The molecule has 0 bridgehead atoms. The van der Waals surface area contributed by atoms with Crippen molar-refractivity contribution in [2.45, 2.75) is 52.5 Å². The summed E-state index contributed by atoms with van der Waals surface area (Å²) in [5.74, 6) is 1.97. The highest BCUT2D eigenvalue weighted by molar-refractivity contribution is 9.10. The van der Waals surface area contributed by atoms with Crippen LogP contribution in [-0.2, 0) is 0 Å². The molecular formula is C18H27BrFN. The molecular weight excluding hydrogens is 329 g/mol. The minimum absolute atomic E-state index is 0.0851. The van der Waals surface area contributed by atoms with Crippen molar-refractivity contribution in [2.75, 3.05) is 6.54 Å². The lowest BCUT2D eigenvalue weighted by Crippen LogP contribution is -2.34. The molecule has 1 aliphatic rings. The second kappa shape index (κ2) is 7.73. The van der Waals surface area contributed by atoms with Crippen molar-refractivity contribution in [1.29, 1.82) is 0 Å². The molecule has 2 rings (SSSR count). The smallest absolute Gasteiger partial charge is 0.128 e. The third kappa shape index (κ3) is 4.29. The lowest BCUT2D eigenvalue weighted by atomic mass is 9.72. The van der Waals surface area contributed by atoms with Crippen molar-refractivity contribution < 1.29 is 4.39 Å². The topological polar surface area (TPSA) is 12.0 Å². The van der Waals surface area contributed by atoms with Crippen LogP contribution in [0.2, 0.25) is 0 Å². The monoisotopic (exact) mass is 355 g/mol. The summed E-state index contributed by atoms with van der Waals surface area (Å²) in [6.45, 7) is 7.78. The summed E-state index contributed by atoms with van der Waals surface area (Å²) in [5, 5.41) is 3.60. The van der Waals surface area contributed by atoms with Crippen molar-refractivity contribution in [3.8, 4) is 0 Å². The van der Waals surface area contributed by atoms with Crippen molar-refractivity contribution in [3.63, 3.8) is 0 Å². The van der Waals surface area contributed by atoms with Crippen LogP contribution in [-0.4, -0.2) is 6.54 Å². The molecule has 118 valence electrons. The number of rotatable bonds is 5. The first kappa shape index (κ1) is 17.0. The molecule has 0 heterocycles. The van der Waals surface area contributed by atoms with Gasteiger partial charge in [-0.25, -0.2) is 4.39 Å². The van der Waals surface area contributed by atoms with Gasteiger partial charge >= 0.3 is 0 Å². The Morgan fingerprint density at radius 3 is 2.71 bits per heavy atom. The summed E-state index contributed by atoms with van der Waals surface area (Å²) in [5.41, 5.74) is 0.824. The maximum absolute atomic E-state index is 14.3. The van der Waals surface area contributed by atoms with Gasteiger partial charge in [0.1, 0.15) is 5.82 Å². The summed E-state index contributed by atoms with van der Waals surface area (Å²) < 4.78 is 15.3. The van der Waals surface area contributed by atoms with Crippen LogP contribution in [0, 0.1) is 23.6 Å². The predicted molar refractivity (Wildman–Crippen MR) is 90.8 cm³/mol. The van der Waals surface area contributed by atoms with Crippen LogP contribution in [0.1, 0.15) is 58.1 Å². The second-order valence-electron chi connectivity index (χ2n) is 6.63. The van der Waals surface area contributed by atoms with Gasteiger partial charge in [0, 0.05) is 16.1 Å². The van der Waals surface area contributed by atoms with Crippen LogP contribution in [0.4, 0.5) is 4.39 Å². The molecule has 21 heavy (non-hydrogen) atoms. The van der Waals surface area contributed by atoms with E-state index in [-0.39, 0.29) is 11.9 Å². The molecule has 3 heteroatoms. The Balaban J connectivity index is 2.23. The molecule has 0 aliphatic heterocycles. The minimum atomic E-state index is -0.0851. The first-order valence-corrected chi connectivity index (χ1v) is 9.00. The van der Waals surface area contributed by atoms with Crippen molar-refractivity contribution in [3.05, 3.63) is 34.1 Å². The largest absolute Gasteiger partial charge is 0.310 e. The van der Waals surface area contributed by atoms with Crippen molar-refractivity contribution in [2.24, 2.45) is 17.8 Å². The molecule has 1 nitrogen and oxygen atoms in total. The maximum Gasteiger partial charge on any atom is 0.128 e. The molecule has 0 aromatic heterocycles. The highest BCUT2D eigenvalue weighted by atomic mass is 79.9. The van der Waals surface area contributed by atoms with Gasteiger partial charge in [-0.3, -0.25) is 0 Å². The molecule has 1 N–H and O–H groups in total. The minimum Gasteiger partial charge on any atom is -0.310 e.